The molecule has 0 aromatic carbocycles. The number of nitrogens with zero attached hydrogens (tertiary/aromatic N) is 3. The van der Waals surface area contributed by atoms with Crippen LogP contribution in [0.5, 0.6) is 0 Å². The smallest absolute Gasteiger partial charge is 0.411 e. The number of nitrogens with one attached hydrogen (secondary N) is 1. The molecule has 1 atom stereocenters. The molecule has 19 heavy (non-hydrogen) atoms. The lowest BCUT2D eigenvalue weighted by atomic mass is 10.1. The van der Waals surface area contributed by atoms with Gasteiger partial charge in [0.1, 0.15) is 23.8 Å². The van der Waals surface area contributed by atoms with Crippen molar-refractivity contribution in [3.63, 3.8) is 0 Å². The fourth-order valence-corrected chi connectivity index (χ4v) is 1.81. The average Bonchev–Trinajstić information content (AvgIpc) is 2.26. The Bertz CT molecular complexity index is 376. The van der Waals surface area contributed by atoms with Crippen LogP contribution in [-0.4, -0.2) is 59.3 Å². The van der Waals surface area contributed by atoms with Gasteiger partial charge in [-0.05, 0) is 20.8 Å². The quantitative estimate of drug-likeness (QED) is 0.276. The summed E-state index contributed by atoms with van der Waals surface area (Å²) < 4.78 is 5.31. The minimum absolute atomic E-state index is 0.0824. The van der Waals surface area contributed by atoms with E-state index in [0.29, 0.717) is 19.6 Å². The van der Waals surface area contributed by atoms with Crippen LogP contribution in [0.4, 0.5) is 4.79 Å². The first-order valence-electron chi connectivity index (χ1n) is 6.05. The van der Waals surface area contributed by atoms with Crippen molar-refractivity contribution in [2.75, 3.05) is 19.6 Å². The number of ether oxygens (including phenoxy) is 1. The zero-order valence-corrected chi connectivity index (χ0v) is 11.6. The van der Waals surface area contributed by atoms with E-state index in [1.54, 1.807) is 20.8 Å². The van der Waals surface area contributed by atoms with E-state index < -0.39 is 17.7 Å². The van der Waals surface area contributed by atoms with Gasteiger partial charge in [0.2, 0.25) is 0 Å². The Morgan fingerprint density at radius 2 is 2.11 bits per heavy atom. The molecule has 5 N–H and O–H groups in total. The molecule has 1 fully saturated rings. The summed E-state index contributed by atoms with van der Waals surface area (Å²) in [4.78, 5) is 15.3. The molecule has 0 bridgehead atoms. The number of amides is 1. The molecule has 8 nitrogen and oxygen atoms in total. The Kier molecular flexibility index (Phi) is 4.57. The molecule has 1 aliphatic rings. The molecule has 0 spiro atoms. The second kappa shape index (κ2) is 5.77. The van der Waals surface area contributed by atoms with E-state index in [0.717, 1.165) is 0 Å². The van der Waals surface area contributed by atoms with E-state index in [9.17, 15) is 4.79 Å². The number of hydrogen-bond acceptors (Lipinski definition) is 5. The van der Waals surface area contributed by atoms with Crippen LogP contribution in [0.3, 0.4) is 0 Å². The Balaban J connectivity index is 2.77. The molecule has 108 valence electrons. The number of rotatable bonds is 2. The van der Waals surface area contributed by atoms with Gasteiger partial charge in [-0.15, -0.1) is 0 Å². The Morgan fingerprint density at radius 1 is 1.47 bits per heavy atom. The van der Waals surface area contributed by atoms with Crippen LogP contribution in [0.1, 0.15) is 20.8 Å². The fourth-order valence-electron chi connectivity index (χ4n) is 1.81. The van der Waals surface area contributed by atoms with Crippen LogP contribution in [0, 0.1) is 5.41 Å². The lowest BCUT2D eigenvalue weighted by Crippen LogP contribution is -2.60. The average molecular weight is 270 g/mol. The summed E-state index contributed by atoms with van der Waals surface area (Å²) in [5.41, 5.74) is 4.97. The summed E-state index contributed by atoms with van der Waals surface area (Å²) in [7, 11) is 0. The minimum atomic E-state index is -0.575. The van der Waals surface area contributed by atoms with Crippen molar-refractivity contribution >= 4 is 18.3 Å². The topological polar surface area (TPSA) is 121 Å². The highest BCUT2D eigenvalue weighted by molar-refractivity contribution is 5.87. The van der Waals surface area contributed by atoms with Gasteiger partial charge >= 0.3 is 6.09 Å². The molecule has 0 aromatic heterocycles. The molecular weight excluding hydrogens is 248 g/mol. The van der Waals surface area contributed by atoms with E-state index in [4.69, 9.17) is 21.7 Å². The van der Waals surface area contributed by atoms with Crippen molar-refractivity contribution < 1.29 is 9.53 Å². The first-order chi connectivity index (χ1) is 8.74. The molecule has 1 aliphatic heterocycles. The van der Waals surface area contributed by atoms with Crippen LogP contribution in [0.15, 0.2) is 5.10 Å². The number of piperazine rings is 1. The Morgan fingerprint density at radius 3 is 2.58 bits per heavy atom. The maximum Gasteiger partial charge on any atom is 0.411 e. The second-order valence-corrected chi connectivity index (χ2v) is 5.40. The van der Waals surface area contributed by atoms with Crippen molar-refractivity contribution in [2.24, 2.45) is 16.7 Å². The molecule has 0 radical (unpaired) electrons. The Hall–Kier alpha value is -1.99. The van der Waals surface area contributed by atoms with Crippen molar-refractivity contribution in [3.05, 3.63) is 0 Å². The normalized spacial score (nSPS) is 20.7. The third-order valence-corrected chi connectivity index (χ3v) is 2.63. The third kappa shape index (κ3) is 4.31. The number of hydrogen-bond donors (Lipinski definition) is 3. The third-order valence-electron chi connectivity index (χ3n) is 2.63. The van der Waals surface area contributed by atoms with Gasteiger partial charge in [0.25, 0.3) is 0 Å². The lowest BCUT2D eigenvalue weighted by molar-refractivity contribution is 0.0131. The molecule has 0 aliphatic carbocycles. The number of carbonyl (C=O) groups excluding carboxylic acids is 1. The van der Waals surface area contributed by atoms with E-state index in [1.165, 1.54) is 11.2 Å². The molecule has 1 saturated heterocycles. The minimum Gasteiger partial charge on any atom is -0.444 e. The molecule has 0 saturated carbocycles. The summed E-state index contributed by atoms with van der Waals surface area (Å²) in [5, 5.41) is 11.0. The zero-order valence-electron chi connectivity index (χ0n) is 11.6. The molecule has 1 rings (SSSR count). The van der Waals surface area contributed by atoms with Gasteiger partial charge in [-0.25, -0.2) is 4.79 Å². The largest absolute Gasteiger partial charge is 0.444 e. The van der Waals surface area contributed by atoms with E-state index in [1.807, 2.05) is 4.90 Å². The van der Waals surface area contributed by atoms with E-state index in [2.05, 4.69) is 5.10 Å². The first kappa shape index (κ1) is 15.1. The van der Waals surface area contributed by atoms with Crippen LogP contribution >= 0.6 is 0 Å². The van der Waals surface area contributed by atoms with E-state index >= 15 is 0 Å². The SMILES string of the molecule is CC(C)(C)OC(=O)N1CCN(C=NN)CC1C(=N)N. The first-order valence-corrected chi connectivity index (χ1v) is 6.05. The van der Waals surface area contributed by atoms with Gasteiger partial charge in [-0.3, -0.25) is 10.3 Å². The van der Waals surface area contributed by atoms with Crippen molar-refractivity contribution in [3.8, 4) is 0 Å². The molecule has 8 heteroatoms. The van der Waals surface area contributed by atoms with Gasteiger partial charge < -0.3 is 21.2 Å². The van der Waals surface area contributed by atoms with Crippen molar-refractivity contribution in [1.82, 2.24) is 9.80 Å². The molecule has 1 amide bonds. The summed E-state index contributed by atoms with van der Waals surface area (Å²) in [6.45, 7) is 6.76. The monoisotopic (exact) mass is 270 g/mol. The maximum absolute atomic E-state index is 12.1. The van der Waals surface area contributed by atoms with Crippen LogP contribution < -0.4 is 11.6 Å². The highest BCUT2D eigenvalue weighted by atomic mass is 16.6. The van der Waals surface area contributed by atoms with Crippen molar-refractivity contribution in [1.29, 1.82) is 5.41 Å². The summed E-state index contributed by atoms with van der Waals surface area (Å²) >= 11 is 0. The molecular formula is C11H22N6O2. The lowest BCUT2D eigenvalue weighted by Gasteiger charge is -2.40. The number of nitrogens with two attached hydrogens (primary N) is 2. The summed E-state index contributed by atoms with van der Waals surface area (Å²) in [6, 6.07) is -0.526. The van der Waals surface area contributed by atoms with Crippen LogP contribution in [0.25, 0.3) is 0 Å². The summed E-state index contributed by atoms with van der Waals surface area (Å²) in [6.07, 6.45) is 1.01. The predicted molar refractivity (Wildman–Crippen MR) is 72.9 cm³/mol. The van der Waals surface area contributed by atoms with E-state index in [-0.39, 0.29) is 5.84 Å². The predicted octanol–water partition coefficient (Wildman–Crippen LogP) is -0.254. The van der Waals surface area contributed by atoms with Gasteiger partial charge in [0.15, 0.2) is 0 Å². The van der Waals surface area contributed by atoms with Gasteiger partial charge in [-0.2, -0.15) is 5.10 Å². The zero-order chi connectivity index (χ0) is 14.6. The number of amidine groups is 1. The van der Waals surface area contributed by atoms with Crippen LogP contribution in [0.2, 0.25) is 0 Å². The van der Waals surface area contributed by atoms with Gasteiger partial charge in [0.05, 0.1) is 0 Å². The molecule has 1 heterocycles. The number of hydrazone groups is 1. The fraction of sp³-hybridized carbons (Fsp3) is 0.727. The molecule has 0 aromatic rings. The van der Waals surface area contributed by atoms with Gasteiger partial charge in [-0.1, -0.05) is 0 Å². The molecule has 1 unspecified atom stereocenters. The highest BCUT2D eigenvalue weighted by Crippen LogP contribution is 2.15. The maximum atomic E-state index is 12.1. The van der Waals surface area contributed by atoms with Gasteiger partial charge in [0, 0.05) is 19.6 Å². The second-order valence-electron chi connectivity index (χ2n) is 5.40. The van der Waals surface area contributed by atoms with Crippen molar-refractivity contribution in [2.45, 2.75) is 32.4 Å². The highest BCUT2D eigenvalue weighted by Gasteiger charge is 2.34. The summed E-state index contributed by atoms with van der Waals surface area (Å²) in [5.74, 6) is 5.01. The number of carbonyl (C=O) groups is 1. The Labute approximate surface area is 112 Å². The standard InChI is InChI=1S/C11H22N6O2/c1-11(2,3)19-10(18)17-5-4-16(7-15-14)6-8(17)9(12)13/h7-8H,4-6,14H2,1-3H3,(H3,12,13). The van der Waals surface area contributed by atoms with Crippen LogP contribution in [-0.2, 0) is 4.74 Å².